The van der Waals surface area contributed by atoms with Crippen LogP contribution in [0.5, 0.6) is 0 Å². The second-order valence-electron chi connectivity index (χ2n) is 5.46. The molecular weight excluding hydrogens is 376 g/mol. The molecule has 9 heteroatoms. The molecule has 0 atom stereocenters. The maximum atomic E-state index is 12.3. The number of amides is 1. The fourth-order valence-corrected chi connectivity index (χ4v) is 4.04. The standard InChI is InChI=1S/C17H20N2O5S2/c1-2-19(12-16(20)21)17(22)13-5-7-15(8-6-13)26(23,24)18-10-9-14-4-3-11-25-14/h3-8,11,18H,2,9-10,12H2,1H3,(H,20,21). The van der Waals surface area contributed by atoms with Crippen molar-refractivity contribution in [2.24, 2.45) is 0 Å². The summed E-state index contributed by atoms with van der Waals surface area (Å²) in [5.74, 6) is -1.56. The Bertz CT molecular complexity index is 846. The number of nitrogens with zero attached hydrogens (tertiary/aromatic N) is 1. The maximum absolute atomic E-state index is 12.3. The van der Waals surface area contributed by atoms with Crippen LogP contribution in [0.3, 0.4) is 0 Å². The zero-order chi connectivity index (χ0) is 19.2. The maximum Gasteiger partial charge on any atom is 0.323 e. The molecule has 26 heavy (non-hydrogen) atoms. The molecule has 2 N–H and O–H groups in total. The zero-order valence-electron chi connectivity index (χ0n) is 14.2. The first-order valence-electron chi connectivity index (χ1n) is 7.96. The number of nitrogens with one attached hydrogen (secondary N) is 1. The molecule has 1 heterocycles. The lowest BCUT2D eigenvalue weighted by Gasteiger charge is -2.18. The van der Waals surface area contributed by atoms with Crippen LogP contribution in [-0.2, 0) is 21.2 Å². The highest BCUT2D eigenvalue weighted by Crippen LogP contribution is 2.13. The number of carboxylic acid groups (broad SMARTS) is 1. The molecule has 1 aromatic heterocycles. The van der Waals surface area contributed by atoms with E-state index in [1.54, 1.807) is 18.3 Å². The van der Waals surface area contributed by atoms with Crippen LogP contribution < -0.4 is 4.72 Å². The normalized spacial score (nSPS) is 11.3. The zero-order valence-corrected chi connectivity index (χ0v) is 15.8. The van der Waals surface area contributed by atoms with Gasteiger partial charge in [-0.05, 0) is 49.1 Å². The van der Waals surface area contributed by atoms with Gasteiger partial charge in [0.05, 0.1) is 4.90 Å². The molecule has 0 aliphatic carbocycles. The molecule has 0 unspecified atom stereocenters. The Hall–Kier alpha value is -2.23. The number of likely N-dealkylation sites (N-methyl/N-ethyl adjacent to an activating group) is 1. The van der Waals surface area contributed by atoms with E-state index < -0.39 is 28.4 Å². The number of rotatable bonds is 9. The third-order valence-corrected chi connectivity index (χ3v) is 6.06. The molecule has 140 valence electrons. The Kier molecular flexibility index (Phi) is 6.90. The average molecular weight is 396 g/mol. The minimum atomic E-state index is -3.67. The molecule has 0 aliphatic rings. The van der Waals surface area contributed by atoms with E-state index in [1.165, 1.54) is 29.2 Å². The van der Waals surface area contributed by atoms with Gasteiger partial charge in [-0.2, -0.15) is 0 Å². The molecule has 0 spiro atoms. The number of carboxylic acids is 1. The van der Waals surface area contributed by atoms with E-state index in [9.17, 15) is 18.0 Å². The molecule has 0 bridgehead atoms. The number of aliphatic carboxylic acids is 1. The van der Waals surface area contributed by atoms with Crippen LogP contribution in [0.2, 0.25) is 0 Å². The largest absolute Gasteiger partial charge is 0.480 e. The second kappa shape index (κ2) is 8.93. The number of benzene rings is 1. The number of hydrogen-bond acceptors (Lipinski definition) is 5. The fraction of sp³-hybridized carbons (Fsp3) is 0.294. The van der Waals surface area contributed by atoms with Crippen LogP contribution in [0, 0.1) is 0 Å². The first kappa shape index (κ1) is 20.1. The van der Waals surface area contributed by atoms with Gasteiger partial charge in [-0.25, -0.2) is 13.1 Å². The van der Waals surface area contributed by atoms with Gasteiger partial charge in [0, 0.05) is 23.5 Å². The van der Waals surface area contributed by atoms with Gasteiger partial charge in [0.15, 0.2) is 0 Å². The Balaban J connectivity index is 2.02. The van der Waals surface area contributed by atoms with Gasteiger partial charge in [0.1, 0.15) is 6.54 Å². The van der Waals surface area contributed by atoms with Gasteiger partial charge in [-0.15, -0.1) is 11.3 Å². The van der Waals surface area contributed by atoms with Crippen LogP contribution in [0.1, 0.15) is 22.2 Å². The van der Waals surface area contributed by atoms with Crippen LogP contribution in [-0.4, -0.2) is 49.9 Å². The smallest absolute Gasteiger partial charge is 0.323 e. The molecule has 0 saturated heterocycles. The number of carbonyl (C=O) groups excluding carboxylic acids is 1. The molecular formula is C17H20N2O5S2. The van der Waals surface area contributed by atoms with E-state index in [4.69, 9.17) is 5.11 Å². The van der Waals surface area contributed by atoms with Crippen molar-refractivity contribution >= 4 is 33.2 Å². The van der Waals surface area contributed by atoms with Gasteiger partial charge >= 0.3 is 5.97 Å². The number of hydrogen-bond donors (Lipinski definition) is 2. The molecule has 2 aromatic rings. The van der Waals surface area contributed by atoms with Gasteiger partial charge in [-0.3, -0.25) is 9.59 Å². The van der Waals surface area contributed by atoms with E-state index in [0.29, 0.717) is 6.42 Å². The Labute approximate surface area is 156 Å². The molecule has 0 aliphatic heterocycles. The average Bonchev–Trinajstić information content (AvgIpc) is 3.12. The summed E-state index contributed by atoms with van der Waals surface area (Å²) in [6, 6.07) is 9.32. The van der Waals surface area contributed by atoms with Gasteiger partial charge < -0.3 is 10.0 Å². The minimum absolute atomic E-state index is 0.0570. The summed E-state index contributed by atoms with van der Waals surface area (Å²) >= 11 is 1.56. The Morgan fingerprint density at radius 1 is 1.19 bits per heavy atom. The Morgan fingerprint density at radius 3 is 2.42 bits per heavy atom. The molecule has 0 fully saturated rings. The number of sulfonamides is 1. The molecule has 0 saturated carbocycles. The van der Waals surface area contributed by atoms with E-state index in [1.807, 2.05) is 17.5 Å². The summed E-state index contributed by atoms with van der Waals surface area (Å²) in [5, 5.41) is 10.8. The summed E-state index contributed by atoms with van der Waals surface area (Å²) in [6.45, 7) is 1.80. The van der Waals surface area contributed by atoms with Crippen molar-refractivity contribution in [3.05, 3.63) is 52.2 Å². The lowest BCUT2D eigenvalue weighted by atomic mass is 10.2. The van der Waals surface area contributed by atoms with Crippen molar-refractivity contribution in [3.63, 3.8) is 0 Å². The van der Waals surface area contributed by atoms with E-state index in [2.05, 4.69) is 4.72 Å². The highest BCUT2D eigenvalue weighted by atomic mass is 32.2. The van der Waals surface area contributed by atoms with Gasteiger partial charge in [0.2, 0.25) is 10.0 Å². The van der Waals surface area contributed by atoms with Gasteiger partial charge in [0.25, 0.3) is 5.91 Å². The molecule has 1 aromatic carbocycles. The third kappa shape index (κ3) is 5.38. The van der Waals surface area contributed by atoms with Crippen molar-refractivity contribution in [3.8, 4) is 0 Å². The minimum Gasteiger partial charge on any atom is -0.480 e. The van der Waals surface area contributed by atoms with E-state index in [-0.39, 0.29) is 23.5 Å². The molecule has 0 radical (unpaired) electrons. The SMILES string of the molecule is CCN(CC(=O)O)C(=O)c1ccc(S(=O)(=O)NCCc2cccs2)cc1. The van der Waals surface area contributed by atoms with Crippen molar-refractivity contribution in [2.75, 3.05) is 19.6 Å². The molecule has 2 rings (SSSR count). The summed E-state index contributed by atoms with van der Waals surface area (Å²) < 4.78 is 27.1. The summed E-state index contributed by atoms with van der Waals surface area (Å²) in [5.41, 5.74) is 0.241. The number of thiophene rings is 1. The summed E-state index contributed by atoms with van der Waals surface area (Å²) in [4.78, 5) is 25.4. The van der Waals surface area contributed by atoms with Crippen molar-refractivity contribution in [1.82, 2.24) is 9.62 Å². The topological polar surface area (TPSA) is 104 Å². The Morgan fingerprint density at radius 2 is 1.88 bits per heavy atom. The lowest BCUT2D eigenvalue weighted by molar-refractivity contribution is -0.137. The van der Waals surface area contributed by atoms with E-state index >= 15 is 0 Å². The fourth-order valence-electron chi connectivity index (χ4n) is 2.30. The molecule has 1 amide bonds. The van der Waals surface area contributed by atoms with Gasteiger partial charge in [-0.1, -0.05) is 6.07 Å². The monoisotopic (exact) mass is 396 g/mol. The van der Waals surface area contributed by atoms with Crippen LogP contribution in [0.25, 0.3) is 0 Å². The second-order valence-corrected chi connectivity index (χ2v) is 8.26. The lowest BCUT2D eigenvalue weighted by Crippen LogP contribution is -2.35. The predicted octanol–water partition coefficient (Wildman–Crippen LogP) is 1.82. The van der Waals surface area contributed by atoms with Crippen LogP contribution >= 0.6 is 11.3 Å². The molecule has 7 nitrogen and oxygen atoms in total. The highest BCUT2D eigenvalue weighted by molar-refractivity contribution is 7.89. The van der Waals surface area contributed by atoms with Crippen molar-refractivity contribution < 1.29 is 23.1 Å². The summed E-state index contributed by atoms with van der Waals surface area (Å²) in [7, 11) is -3.67. The van der Waals surface area contributed by atoms with E-state index in [0.717, 1.165) is 4.88 Å². The van der Waals surface area contributed by atoms with Crippen LogP contribution in [0.15, 0.2) is 46.7 Å². The van der Waals surface area contributed by atoms with Crippen LogP contribution in [0.4, 0.5) is 0 Å². The first-order valence-corrected chi connectivity index (χ1v) is 10.3. The number of carbonyl (C=O) groups is 2. The van der Waals surface area contributed by atoms with Crippen molar-refractivity contribution in [2.45, 2.75) is 18.2 Å². The highest BCUT2D eigenvalue weighted by Gasteiger charge is 2.19. The predicted molar refractivity (Wildman–Crippen MR) is 98.9 cm³/mol. The quantitative estimate of drug-likeness (QED) is 0.673. The summed E-state index contributed by atoms with van der Waals surface area (Å²) in [6.07, 6.45) is 0.605. The first-order chi connectivity index (χ1) is 12.3. The third-order valence-electron chi connectivity index (χ3n) is 3.65. The van der Waals surface area contributed by atoms with Crippen molar-refractivity contribution in [1.29, 1.82) is 0 Å².